The molecule has 24 heavy (non-hydrogen) atoms. The minimum absolute atomic E-state index is 0.00983. The molecule has 2 saturated heterocycles. The summed E-state index contributed by atoms with van der Waals surface area (Å²) in [5.74, 6) is -0.111. The van der Waals surface area contributed by atoms with E-state index in [1.807, 2.05) is 6.07 Å². The molecule has 2 fully saturated rings. The lowest BCUT2D eigenvalue weighted by molar-refractivity contribution is -0.128. The largest absolute Gasteiger partial charge is 0.369 e. The highest BCUT2D eigenvalue weighted by atomic mass is 16.2. The molecule has 1 atom stereocenters. The number of piperazine rings is 1. The standard InChI is InChI=1S/C18H26N4O2/c1-20-14-15(13-17(20)23)18(24)19-7-8-21-9-11-22(12-10-21)16-5-3-2-4-6-16/h2-6,15H,7-14H2,1H3,(H,19,24)/t15-/m0/s1. The molecule has 2 aliphatic rings. The van der Waals surface area contributed by atoms with Crippen LogP contribution in [0.3, 0.4) is 0 Å². The van der Waals surface area contributed by atoms with Gasteiger partial charge in [0.05, 0.1) is 5.92 Å². The zero-order valence-corrected chi connectivity index (χ0v) is 14.3. The fourth-order valence-corrected chi connectivity index (χ4v) is 3.39. The van der Waals surface area contributed by atoms with Gasteiger partial charge in [-0.3, -0.25) is 14.5 Å². The number of carbonyl (C=O) groups excluding carboxylic acids is 2. The average molecular weight is 330 g/mol. The topological polar surface area (TPSA) is 55.9 Å². The van der Waals surface area contributed by atoms with Gasteiger partial charge in [0.15, 0.2) is 0 Å². The van der Waals surface area contributed by atoms with E-state index in [0.29, 0.717) is 19.5 Å². The molecular weight excluding hydrogens is 304 g/mol. The fourth-order valence-electron chi connectivity index (χ4n) is 3.39. The van der Waals surface area contributed by atoms with Crippen LogP contribution in [0.25, 0.3) is 0 Å². The molecule has 1 N–H and O–H groups in total. The van der Waals surface area contributed by atoms with Gasteiger partial charge in [0.1, 0.15) is 0 Å². The van der Waals surface area contributed by atoms with Gasteiger partial charge >= 0.3 is 0 Å². The third-order valence-corrected chi connectivity index (χ3v) is 4.93. The number of rotatable bonds is 5. The van der Waals surface area contributed by atoms with E-state index in [2.05, 4.69) is 39.4 Å². The van der Waals surface area contributed by atoms with E-state index in [4.69, 9.17) is 0 Å². The number of carbonyl (C=O) groups is 2. The molecule has 0 unspecified atom stereocenters. The summed E-state index contributed by atoms with van der Waals surface area (Å²) in [6.45, 7) is 6.11. The number of nitrogens with zero attached hydrogens (tertiary/aromatic N) is 3. The van der Waals surface area contributed by atoms with Crippen molar-refractivity contribution in [3.8, 4) is 0 Å². The molecule has 0 bridgehead atoms. The lowest BCUT2D eigenvalue weighted by Crippen LogP contribution is -2.48. The van der Waals surface area contributed by atoms with Gasteiger partial charge in [-0.25, -0.2) is 0 Å². The first-order chi connectivity index (χ1) is 11.6. The van der Waals surface area contributed by atoms with Crippen molar-refractivity contribution in [2.24, 2.45) is 5.92 Å². The SMILES string of the molecule is CN1C[C@@H](C(=O)NCCN2CCN(c3ccccc3)CC2)CC1=O. The third-order valence-electron chi connectivity index (χ3n) is 4.93. The highest BCUT2D eigenvalue weighted by Crippen LogP contribution is 2.16. The van der Waals surface area contributed by atoms with Gasteiger partial charge in [-0.2, -0.15) is 0 Å². The predicted molar refractivity (Wildman–Crippen MR) is 93.8 cm³/mol. The Labute approximate surface area is 143 Å². The van der Waals surface area contributed by atoms with Crippen LogP contribution in [0.2, 0.25) is 0 Å². The normalized spacial score (nSPS) is 22.0. The number of para-hydroxylation sites is 1. The molecule has 0 aromatic heterocycles. The maximum atomic E-state index is 12.1. The summed E-state index contributed by atoms with van der Waals surface area (Å²) >= 11 is 0. The van der Waals surface area contributed by atoms with E-state index in [1.165, 1.54) is 5.69 Å². The smallest absolute Gasteiger partial charge is 0.225 e. The Hall–Kier alpha value is -2.08. The van der Waals surface area contributed by atoms with Crippen LogP contribution in [0.15, 0.2) is 30.3 Å². The molecule has 2 amide bonds. The Balaban J connectivity index is 1.35. The zero-order valence-electron chi connectivity index (χ0n) is 14.3. The number of hydrogen-bond acceptors (Lipinski definition) is 4. The Morgan fingerprint density at radius 3 is 2.50 bits per heavy atom. The minimum atomic E-state index is -0.183. The van der Waals surface area contributed by atoms with Crippen LogP contribution in [-0.4, -0.2) is 74.5 Å². The summed E-state index contributed by atoms with van der Waals surface area (Å²) in [7, 11) is 1.75. The second-order valence-corrected chi connectivity index (χ2v) is 6.63. The highest BCUT2D eigenvalue weighted by Gasteiger charge is 2.31. The summed E-state index contributed by atoms with van der Waals surface area (Å²) in [4.78, 5) is 30.0. The second-order valence-electron chi connectivity index (χ2n) is 6.63. The van der Waals surface area contributed by atoms with Crippen LogP contribution in [0.4, 0.5) is 5.69 Å². The monoisotopic (exact) mass is 330 g/mol. The van der Waals surface area contributed by atoms with Crippen molar-refractivity contribution in [3.05, 3.63) is 30.3 Å². The number of likely N-dealkylation sites (tertiary alicyclic amines) is 1. The predicted octanol–water partition coefficient (Wildman–Crippen LogP) is 0.403. The Bertz CT molecular complexity index is 570. The molecule has 6 heteroatoms. The first-order valence-corrected chi connectivity index (χ1v) is 8.67. The molecule has 6 nitrogen and oxygen atoms in total. The fraction of sp³-hybridized carbons (Fsp3) is 0.556. The molecule has 0 radical (unpaired) electrons. The van der Waals surface area contributed by atoms with Gasteiger partial charge in [-0.1, -0.05) is 18.2 Å². The van der Waals surface area contributed by atoms with E-state index in [1.54, 1.807) is 11.9 Å². The minimum Gasteiger partial charge on any atom is -0.369 e. The molecule has 130 valence electrons. The van der Waals surface area contributed by atoms with Crippen LogP contribution in [0.5, 0.6) is 0 Å². The third kappa shape index (κ3) is 4.06. The van der Waals surface area contributed by atoms with Crippen LogP contribution in [-0.2, 0) is 9.59 Å². The number of hydrogen-bond donors (Lipinski definition) is 1. The molecule has 0 saturated carbocycles. The maximum absolute atomic E-state index is 12.1. The summed E-state index contributed by atoms with van der Waals surface area (Å²) in [5.41, 5.74) is 1.28. The Morgan fingerprint density at radius 2 is 1.88 bits per heavy atom. The van der Waals surface area contributed by atoms with Gasteiger partial charge < -0.3 is 15.1 Å². The number of anilines is 1. The van der Waals surface area contributed by atoms with E-state index < -0.39 is 0 Å². The summed E-state index contributed by atoms with van der Waals surface area (Å²) < 4.78 is 0. The quantitative estimate of drug-likeness (QED) is 0.849. The van der Waals surface area contributed by atoms with E-state index in [9.17, 15) is 9.59 Å². The van der Waals surface area contributed by atoms with Crippen molar-refractivity contribution in [2.45, 2.75) is 6.42 Å². The van der Waals surface area contributed by atoms with E-state index >= 15 is 0 Å². The van der Waals surface area contributed by atoms with Gasteiger partial charge in [0.2, 0.25) is 11.8 Å². The van der Waals surface area contributed by atoms with Crippen molar-refractivity contribution < 1.29 is 9.59 Å². The Kier molecular flexibility index (Phi) is 5.35. The molecule has 2 heterocycles. The van der Waals surface area contributed by atoms with Crippen molar-refractivity contribution in [2.75, 3.05) is 57.8 Å². The molecular formula is C18H26N4O2. The average Bonchev–Trinajstić information content (AvgIpc) is 2.95. The van der Waals surface area contributed by atoms with E-state index in [-0.39, 0.29) is 17.7 Å². The first-order valence-electron chi connectivity index (χ1n) is 8.67. The number of amides is 2. The van der Waals surface area contributed by atoms with Crippen LogP contribution < -0.4 is 10.2 Å². The van der Waals surface area contributed by atoms with E-state index in [0.717, 1.165) is 32.7 Å². The lowest BCUT2D eigenvalue weighted by atomic mass is 10.1. The van der Waals surface area contributed by atoms with Gasteiger partial charge in [-0.05, 0) is 12.1 Å². The lowest BCUT2D eigenvalue weighted by Gasteiger charge is -2.36. The van der Waals surface area contributed by atoms with Crippen molar-refractivity contribution in [1.82, 2.24) is 15.1 Å². The summed E-state index contributed by atoms with van der Waals surface area (Å²) in [5, 5.41) is 2.98. The highest BCUT2D eigenvalue weighted by molar-refractivity contribution is 5.89. The molecule has 1 aromatic rings. The molecule has 1 aromatic carbocycles. The second kappa shape index (κ2) is 7.66. The summed E-state index contributed by atoms with van der Waals surface area (Å²) in [6, 6.07) is 10.5. The molecule has 2 aliphatic heterocycles. The Morgan fingerprint density at radius 1 is 1.17 bits per heavy atom. The van der Waals surface area contributed by atoms with Gasteiger partial charge in [-0.15, -0.1) is 0 Å². The summed E-state index contributed by atoms with van der Waals surface area (Å²) in [6.07, 6.45) is 0.345. The zero-order chi connectivity index (χ0) is 16.9. The molecule has 0 spiro atoms. The van der Waals surface area contributed by atoms with Crippen molar-refractivity contribution >= 4 is 17.5 Å². The maximum Gasteiger partial charge on any atom is 0.225 e. The van der Waals surface area contributed by atoms with Crippen molar-refractivity contribution in [1.29, 1.82) is 0 Å². The van der Waals surface area contributed by atoms with Crippen LogP contribution >= 0.6 is 0 Å². The first kappa shape index (κ1) is 16.8. The van der Waals surface area contributed by atoms with Crippen LogP contribution in [0, 0.1) is 5.92 Å². The van der Waals surface area contributed by atoms with Crippen LogP contribution in [0.1, 0.15) is 6.42 Å². The molecule has 0 aliphatic carbocycles. The number of benzene rings is 1. The molecule has 3 rings (SSSR count). The van der Waals surface area contributed by atoms with Crippen molar-refractivity contribution in [3.63, 3.8) is 0 Å². The van der Waals surface area contributed by atoms with Gasteiger partial charge in [0.25, 0.3) is 0 Å². The van der Waals surface area contributed by atoms with Gasteiger partial charge in [0, 0.05) is 65.0 Å². The number of nitrogens with one attached hydrogen (secondary N) is 1.